The standard InChI is InChI=1S/C46H37N3/c1-30-13-11-12-18-42(30)47-31(2)32-19-21-33(22-20-32)36-23-25-38-39-26-24-37(28-41(39)46(3,4)40(38)27-36)44-29-43(34-14-7-5-8-15-34)48-45(49-44)35-16-9-6-10-17-35/h5-29H,1-4H3/b47-31+. The molecule has 0 amide bonds. The van der Waals surface area contributed by atoms with Crippen LogP contribution in [-0.2, 0) is 5.41 Å². The van der Waals surface area contributed by atoms with Gasteiger partial charge in [0.05, 0.1) is 17.1 Å². The van der Waals surface area contributed by atoms with Gasteiger partial charge >= 0.3 is 0 Å². The number of aryl methyl sites for hydroxylation is 1. The van der Waals surface area contributed by atoms with Gasteiger partial charge in [0.15, 0.2) is 5.82 Å². The van der Waals surface area contributed by atoms with Crippen LogP contribution in [0.15, 0.2) is 157 Å². The van der Waals surface area contributed by atoms with E-state index in [-0.39, 0.29) is 5.41 Å². The third-order valence-electron chi connectivity index (χ3n) is 9.84. The van der Waals surface area contributed by atoms with Crippen LogP contribution in [0.4, 0.5) is 5.69 Å². The second-order valence-electron chi connectivity index (χ2n) is 13.4. The van der Waals surface area contributed by atoms with Gasteiger partial charge in [-0.15, -0.1) is 0 Å². The topological polar surface area (TPSA) is 38.1 Å². The van der Waals surface area contributed by atoms with Gasteiger partial charge in [0.2, 0.25) is 0 Å². The molecule has 1 aromatic heterocycles. The summed E-state index contributed by atoms with van der Waals surface area (Å²) in [4.78, 5) is 15.0. The van der Waals surface area contributed by atoms with Crippen LogP contribution >= 0.6 is 0 Å². The number of aliphatic imine (C=N–C) groups is 1. The summed E-state index contributed by atoms with van der Waals surface area (Å²) < 4.78 is 0. The van der Waals surface area contributed by atoms with E-state index in [4.69, 9.17) is 15.0 Å². The average molecular weight is 632 g/mol. The Morgan fingerprint density at radius 2 is 1.04 bits per heavy atom. The summed E-state index contributed by atoms with van der Waals surface area (Å²) >= 11 is 0. The zero-order chi connectivity index (χ0) is 33.5. The molecular weight excluding hydrogens is 595 g/mol. The van der Waals surface area contributed by atoms with Crippen molar-refractivity contribution in [3.8, 4) is 56.2 Å². The van der Waals surface area contributed by atoms with Crippen LogP contribution in [0.2, 0.25) is 0 Å². The number of nitrogens with zero attached hydrogens (tertiary/aromatic N) is 3. The quantitative estimate of drug-likeness (QED) is 0.171. The molecule has 0 unspecified atom stereocenters. The predicted molar refractivity (Wildman–Crippen MR) is 204 cm³/mol. The van der Waals surface area contributed by atoms with Crippen LogP contribution < -0.4 is 0 Å². The molecule has 0 saturated heterocycles. The molecule has 8 rings (SSSR count). The first-order chi connectivity index (χ1) is 23.8. The molecule has 7 aromatic rings. The van der Waals surface area contributed by atoms with Crippen molar-refractivity contribution in [2.24, 2.45) is 4.99 Å². The van der Waals surface area contributed by atoms with Gasteiger partial charge in [-0.25, -0.2) is 9.97 Å². The SMILES string of the molecule is C/C(=N\c1ccccc1C)c1ccc(-c2ccc3c(c2)C(C)(C)c2cc(-c4cc(-c5ccccc5)nc(-c5ccccc5)n4)ccc2-3)cc1. The van der Waals surface area contributed by atoms with E-state index in [1.54, 1.807) is 0 Å². The van der Waals surface area contributed by atoms with E-state index >= 15 is 0 Å². The van der Waals surface area contributed by atoms with Crippen molar-refractivity contribution in [2.45, 2.75) is 33.1 Å². The smallest absolute Gasteiger partial charge is 0.160 e. The molecule has 0 radical (unpaired) electrons. The third-order valence-corrected chi connectivity index (χ3v) is 9.84. The van der Waals surface area contributed by atoms with Crippen molar-refractivity contribution in [1.82, 2.24) is 9.97 Å². The minimum atomic E-state index is -0.176. The molecule has 236 valence electrons. The summed E-state index contributed by atoms with van der Waals surface area (Å²) in [6.07, 6.45) is 0. The molecule has 3 heteroatoms. The lowest BCUT2D eigenvalue weighted by molar-refractivity contribution is 0.661. The Bertz CT molecular complexity index is 2290. The highest BCUT2D eigenvalue weighted by atomic mass is 14.9. The molecule has 1 heterocycles. The largest absolute Gasteiger partial charge is 0.253 e. The Morgan fingerprint density at radius 1 is 0.510 bits per heavy atom. The van der Waals surface area contributed by atoms with Crippen molar-refractivity contribution in [1.29, 1.82) is 0 Å². The summed E-state index contributed by atoms with van der Waals surface area (Å²) in [7, 11) is 0. The maximum absolute atomic E-state index is 5.10. The third kappa shape index (κ3) is 5.68. The van der Waals surface area contributed by atoms with E-state index in [0.717, 1.165) is 50.9 Å². The number of para-hydroxylation sites is 1. The van der Waals surface area contributed by atoms with Crippen molar-refractivity contribution in [3.63, 3.8) is 0 Å². The van der Waals surface area contributed by atoms with Gasteiger partial charge in [-0.05, 0) is 82.6 Å². The van der Waals surface area contributed by atoms with Crippen molar-refractivity contribution < 1.29 is 0 Å². The predicted octanol–water partition coefficient (Wildman–Crippen LogP) is 11.9. The van der Waals surface area contributed by atoms with Gasteiger partial charge in [-0.1, -0.05) is 141 Å². The molecule has 0 aliphatic heterocycles. The van der Waals surface area contributed by atoms with Gasteiger partial charge in [0.1, 0.15) is 0 Å². The molecule has 3 nitrogen and oxygen atoms in total. The summed E-state index contributed by atoms with van der Waals surface area (Å²) in [5.41, 5.74) is 16.8. The van der Waals surface area contributed by atoms with E-state index in [9.17, 15) is 0 Å². The summed E-state index contributed by atoms with van der Waals surface area (Å²) in [6.45, 7) is 8.86. The van der Waals surface area contributed by atoms with Gasteiger partial charge in [-0.2, -0.15) is 0 Å². The normalized spacial score (nSPS) is 13.2. The van der Waals surface area contributed by atoms with Crippen molar-refractivity contribution >= 4 is 11.4 Å². The average Bonchev–Trinajstić information content (AvgIpc) is 3.38. The molecule has 49 heavy (non-hydrogen) atoms. The number of hydrogen-bond donors (Lipinski definition) is 0. The Hall–Kier alpha value is -5.93. The highest BCUT2D eigenvalue weighted by Crippen LogP contribution is 2.50. The molecule has 1 aliphatic carbocycles. The van der Waals surface area contributed by atoms with E-state index in [2.05, 4.69) is 149 Å². The maximum Gasteiger partial charge on any atom is 0.160 e. The first kappa shape index (κ1) is 30.4. The van der Waals surface area contributed by atoms with Gasteiger partial charge in [-0.3, -0.25) is 4.99 Å². The highest BCUT2D eigenvalue weighted by molar-refractivity contribution is 6.00. The van der Waals surface area contributed by atoms with Crippen LogP contribution in [-0.4, -0.2) is 15.7 Å². The Morgan fingerprint density at radius 3 is 1.69 bits per heavy atom. The van der Waals surface area contributed by atoms with E-state index in [1.807, 2.05) is 30.3 Å². The maximum atomic E-state index is 5.10. The highest BCUT2D eigenvalue weighted by Gasteiger charge is 2.36. The fourth-order valence-electron chi connectivity index (χ4n) is 6.98. The molecule has 0 spiro atoms. The first-order valence-corrected chi connectivity index (χ1v) is 16.9. The van der Waals surface area contributed by atoms with E-state index in [0.29, 0.717) is 0 Å². The van der Waals surface area contributed by atoms with E-state index < -0.39 is 0 Å². The fourth-order valence-corrected chi connectivity index (χ4v) is 6.98. The minimum Gasteiger partial charge on any atom is -0.253 e. The van der Waals surface area contributed by atoms with Gasteiger partial charge in [0.25, 0.3) is 0 Å². The number of fused-ring (bicyclic) bond motifs is 3. The van der Waals surface area contributed by atoms with Gasteiger partial charge in [0, 0.05) is 27.8 Å². The molecular formula is C46H37N3. The van der Waals surface area contributed by atoms with Crippen LogP contribution in [0.25, 0.3) is 56.2 Å². The van der Waals surface area contributed by atoms with Crippen LogP contribution in [0.5, 0.6) is 0 Å². The molecule has 0 bridgehead atoms. The second-order valence-corrected chi connectivity index (χ2v) is 13.4. The molecule has 6 aromatic carbocycles. The zero-order valence-corrected chi connectivity index (χ0v) is 28.3. The Labute approximate surface area is 288 Å². The van der Waals surface area contributed by atoms with Crippen molar-refractivity contribution in [2.75, 3.05) is 0 Å². The number of hydrogen-bond acceptors (Lipinski definition) is 3. The molecule has 1 aliphatic rings. The molecule has 0 N–H and O–H groups in total. The summed E-state index contributed by atoms with van der Waals surface area (Å²) in [6, 6.07) is 53.5. The van der Waals surface area contributed by atoms with Crippen LogP contribution in [0.1, 0.15) is 43.0 Å². The van der Waals surface area contributed by atoms with E-state index in [1.165, 1.54) is 38.9 Å². The molecule has 0 fully saturated rings. The van der Waals surface area contributed by atoms with Crippen LogP contribution in [0, 0.1) is 6.92 Å². The van der Waals surface area contributed by atoms with Crippen molar-refractivity contribution in [3.05, 3.63) is 174 Å². The number of benzene rings is 6. The lowest BCUT2D eigenvalue weighted by atomic mass is 9.81. The Kier molecular flexibility index (Phi) is 7.61. The lowest BCUT2D eigenvalue weighted by Gasteiger charge is -2.22. The fraction of sp³-hybridized carbons (Fsp3) is 0.109. The minimum absolute atomic E-state index is 0.176. The summed E-state index contributed by atoms with van der Waals surface area (Å²) in [5, 5.41) is 0. The summed E-state index contributed by atoms with van der Waals surface area (Å²) in [5.74, 6) is 0.729. The monoisotopic (exact) mass is 631 g/mol. The van der Waals surface area contributed by atoms with Gasteiger partial charge < -0.3 is 0 Å². The zero-order valence-electron chi connectivity index (χ0n) is 28.3. The lowest BCUT2D eigenvalue weighted by Crippen LogP contribution is -2.15. The number of aromatic nitrogens is 2. The molecule has 0 atom stereocenters. The Balaban J connectivity index is 1.13. The first-order valence-electron chi connectivity index (χ1n) is 16.9. The van der Waals surface area contributed by atoms with Crippen LogP contribution in [0.3, 0.4) is 0 Å². The second kappa shape index (κ2) is 12.3. The number of rotatable bonds is 6. The molecule has 0 saturated carbocycles.